The molecular weight excluding hydrogens is 735 g/mol. The molecule has 0 fully saturated rings. The molecule has 0 saturated heterocycles. The number of para-hydroxylation sites is 1. The molecule has 12 rings (SSSR count). The molecule has 1 heteroatoms. The van der Waals surface area contributed by atoms with Crippen molar-refractivity contribution in [1.29, 1.82) is 0 Å². The SMILES string of the molecule is CC1(C)CCC(C)(C)c2cc3c(cc21)-c1c(-c2cccc(N(c4ccccc4)c4ccc5c(c4)-c4ccccc4C54c5ccccc5-c5ccccc54)c2)cccc1C3(C)C. The topological polar surface area (TPSA) is 3.24 Å². The first kappa shape index (κ1) is 36.4. The first-order chi connectivity index (χ1) is 29.5. The minimum Gasteiger partial charge on any atom is -0.310 e. The van der Waals surface area contributed by atoms with E-state index in [1.165, 1.54) is 102 Å². The highest BCUT2D eigenvalue weighted by Gasteiger charge is 2.51. The summed E-state index contributed by atoms with van der Waals surface area (Å²) in [5.74, 6) is 0. The minimum absolute atomic E-state index is 0.0977. The molecule has 296 valence electrons. The normalized spacial score (nSPS) is 17.1. The van der Waals surface area contributed by atoms with Gasteiger partial charge in [-0.2, -0.15) is 0 Å². The van der Waals surface area contributed by atoms with Crippen LogP contribution in [0.5, 0.6) is 0 Å². The van der Waals surface area contributed by atoms with E-state index in [0.29, 0.717) is 0 Å². The molecule has 1 spiro atoms. The Morgan fingerprint density at radius 2 is 0.820 bits per heavy atom. The van der Waals surface area contributed by atoms with E-state index in [1.807, 2.05) is 0 Å². The van der Waals surface area contributed by atoms with Gasteiger partial charge in [-0.15, -0.1) is 0 Å². The van der Waals surface area contributed by atoms with Crippen LogP contribution in [0.2, 0.25) is 0 Å². The summed E-state index contributed by atoms with van der Waals surface area (Å²) in [6.45, 7) is 14.7. The molecule has 0 radical (unpaired) electrons. The molecule has 1 nitrogen and oxygen atoms in total. The Kier molecular flexibility index (Phi) is 7.49. The second-order valence-electron chi connectivity index (χ2n) is 19.9. The Morgan fingerprint density at radius 1 is 0.328 bits per heavy atom. The second-order valence-corrected chi connectivity index (χ2v) is 19.9. The van der Waals surface area contributed by atoms with Gasteiger partial charge in [0.05, 0.1) is 5.41 Å². The molecular formula is C60H51N. The molecule has 0 saturated carbocycles. The van der Waals surface area contributed by atoms with Crippen LogP contribution in [0.25, 0.3) is 44.5 Å². The third kappa shape index (κ3) is 4.89. The van der Waals surface area contributed by atoms with Crippen LogP contribution >= 0.6 is 0 Å². The van der Waals surface area contributed by atoms with Gasteiger partial charge < -0.3 is 4.90 Å². The van der Waals surface area contributed by atoms with Crippen LogP contribution in [0.15, 0.2) is 176 Å². The minimum atomic E-state index is -0.364. The van der Waals surface area contributed by atoms with Crippen LogP contribution in [-0.2, 0) is 21.7 Å². The monoisotopic (exact) mass is 785 g/mol. The Morgan fingerprint density at radius 3 is 1.48 bits per heavy atom. The lowest BCUT2D eigenvalue weighted by Gasteiger charge is -2.42. The number of fused-ring (bicyclic) bond motifs is 14. The lowest BCUT2D eigenvalue weighted by Crippen LogP contribution is -2.34. The predicted molar refractivity (Wildman–Crippen MR) is 256 cm³/mol. The number of anilines is 3. The standard InChI is InChI=1S/C60H51N/c1-57(2)32-33-58(3,4)55-37-53-47(36-54(55)57)56-42(25-17-29-52(56)59(53,5)6)38-18-16-21-40(34-38)61(39-19-8-7-9-20-39)41-30-31-51-46(35-41)45-24-12-15-28-50(45)60(51)48-26-13-10-22-43(48)44-23-11-14-27-49(44)60/h7-31,34-37H,32-33H2,1-6H3. The van der Waals surface area contributed by atoms with Crippen LogP contribution in [-0.4, -0.2) is 0 Å². The maximum absolute atomic E-state index is 2.60. The third-order valence-corrected chi connectivity index (χ3v) is 15.3. The van der Waals surface area contributed by atoms with E-state index in [9.17, 15) is 0 Å². The van der Waals surface area contributed by atoms with Gasteiger partial charge in [0.25, 0.3) is 0 Å². The van der Waals surface area contributed by atoms with Gasteiger partial charge in [-0.1, -0.05) is 175 Å². The van der Waals surface area contributed by atoms with Gasteiger partial charge in [0.2, 0.25) is 0 Å². The van der Waals surface area contributed by atoms with Gasteiger partial charge in [-0.25, -0.2) is 0 Å². The van der Waals surface area contributed by atoms with Gasteiger partial charge in [-0.05, 0) is 155 Å². The molecule has 0 unspecified atom stereocenters. The van der Waals surface area contributed by atoms with Crippen molar-refractivity contribution in [2.24, 2.45) is 0 Å². The van der Waals surface area contributed by atoms with E-state index in [0.717, 1.165) is 17.1 Å². The Hall–Kier alpha value is -6.44. The maximum Gasteiger partial charge on any atom is 0.0725 e. The number of hydrogen-bond donors (Lipinski definition) is 0. The number of nitrogens with zero attached hydrogens (tertiary/aromatic N) is 1. The van der Waals surface area contributed by atoms with Crippen molar-refractivity contribution in [3.8, 4) is 44.5 Å². The average molecular weight is 786 g/mol. The largest absolute Gasteiger partial charge is 0.310 e. The molecule has 4 aliphatic rings. The second kappa shape index (κ2) is 12.6. The zero-order valence-electron chi connectivity index (χ0n) is 36.1. The van der Waals surface area contributed by atoms with E-state index in [-0.39, 0.29) is 21.7 Å². The van der Waals surface area contributed by atoms with Gasteiger partial charge in [0.1, 0.15) is 0 Å². The maximum atomic E-state index is 2.60. The Balaban J connectivity index is 1.04. The van der Waals surface area contributed by atoms with Crippen molar-refractivity contribution >= 4 is 17.1 Å². The highest BCUT2D eigenvalue weighted by molar-refractivity contribution is 5.98. The quantitative estimate of drug-likeness (QED) is 0.172. The summed E-state index contributed by atoms with van der Waals surface area (Å²) in [6.07, 6.45) is 2.42. The molecule has 0 bridgehead atoms. The summed E-state index contributed by atoms with van der Waals surface area (Å²) in [6, 6.07) is 66.9. The van der Waals surface area contributed by atoms with Gasteiger partial charge in [0.15, 0.2) is 0 Å². The smallest absolute Gasteiger partial charge is 0.0725 e. The molecule has 0 aliphatic heterocycles. The molecule has 0 N–H and O–H groups in total. The summed E-state index contributed by atoms with van der Waals surface area (Å²) in [4.78, 5) is 2.45. The molecule has 4 aliphatic carbocycles. The molecule has 0 atom stereocenters. The fourth-order valence-electron chi connectivity index (χ4n) is 12.2. The summed E-state index contributed by atoms with van der Waals surface area (Å²) >= 11 is 0. The lowest BCUT2D eigenvalue weighted by molar-refractivity contribution is 0.331. The summed E-state index contributed by atoms with van der Waals surface area (Å²) in [5, 5.41) is 0. The van der Waals surface area contributed by atoms with Crippen molar-refractivity contribution in [3.63, 3.8) is 0 Å². The lowest BCUT2D eigenvalue weighted by atomic mass is 9.62. The van der Waals surface area contributed by atoms with Crippen molar-refractivity contribution < 1.29 is 0 Å². The van der Waals surface area contributed by atoms with Gasteiger partial charge in [0, 0.05) is 22.5 Å². The van der Waals surface area contributed by atoms with Crippen molar-refractivity contribution in [2.45, 2.75) is 76.0 Å². The molecule has 0 heterocycles. The Labute approximate surface area is 361 Å². The fraction of sp³-hybridized carbons (Fsp3) is 0.200. The van der Waals surface area contributed by atoms with Crippen molar-refractivity contribution in [1.82, 2.24) is 0 Å². The first-order valence-electron chi connectivity index (χ1n) is 22.2. The van der Waals surface area contributed by atoms with Gasteiger partial charge in [-0.3, -0.25) is 0 Å². The molecule has 8 aromatic rings. The van der Waals surface area contributed by atoms with E-state index in [2.05, 4.69) is 222 Å². The summed E-state index contributed by atoms with van der Waals surface area (Å²) in [5.41, 5.74) is 25.3. The third-order valence-electron chi connectivity index (χ3n) is 15.3. The molecule has 61 heavy (non-hydrogen) atoms. The molecule has 0 amide bonds. The van der Waals surface area contributed by atoms with Crippen LogP contribution < -0.4 is 4.90 Å². The number of rotatable bonds is 4. The van der Waals surface area contributed by atoms with Crippen LogP contribution in [0.1, 0.15) is 98.9 Å². The zero-order valence-corrected chi connectivity index (χ0v) is 36.1. The molecule has 8 aromatic carbocycles. The highest BCUT2D eigenvalue weighted by atomic mass is 15.1. The number of hydrogen-bond acceptors (Lipinski definition) is 1. The van der Waals surface area contributed by atoms with Crippen LogP contribution in [0.3, 0.4) is 0 Å². The van der Waals surface area contributed by atoms with Crippen LogP contribution in [0.4, 0.5) is 17.1 Å². The van der Waals surface area contributed by atoms with E-state index in [4.69, 9.17) is 0 Å². The van der Waals surface area contributed by atoms with E-state index in [1.54, 1.807) is 0 Å². The Bertz CT molecular complexity index is 3080. The summed E-state index contributed by atoms with van der Waals surface area (Å²) in [7, 11) is 0. The van der Waals surface area contributed by atoms with Crippen LogP contribution in [0, 0.1) is 0 Å². The van der Waals surface area contributed by atoms with E-state index < -0.39 is 0 Å². The average Bonchev–Trinajstić information content (AvgIpc) is 3.84. The molecule has 0 aromatic heterocycles. The first-order valence-corrected chi connectivity index (χ1v) is 22.2. The van der Waals surface area contributed by atoms with Crippen molar-refractivity contribution in [3.05, 3.63) is 220 Å². The zero-order chi connectivity index (χ0) is 41.5. The number of benzene rings is 8. The summed E-state index contributed by atoms with van der Waals surface area (Å²) < 4.78 is 0. The van der Waals surface area contributed by atoms with Crippen molar-refractivity contribution in [2.75, 3.05) is 4.90 Å². The van der Waals surface area contributed by atoms with E-state index >= 15 is 0 Å². The highest BCUT2D eigenvalue weighted by Crippen LogP contribution is 2.63. The fourth-order valence-corrected chi connectivity index (χ4v) is 12.2. The van der Waals surface area contributed by atoms with Gasteiger partial charge >= 0.3 is 0 Å². The predicted octanol–water partition coefficient (Wildman–Crippen LogP) is 15.8.